The lowest BCUT2D eigenvalue weighted by atomic mass is 9.85. The molecule has 4 nitrogen and oxygen atoms in total. The molecule has 132 valence electrons. The van der Waals surface area contributed by atoms with Crippen LogP contribution < -0.4 is 5.32 Å². The zero-order chi connectivity index (χ0) is 18.3. The number of amides is 1. The van der Waals surface area contributed by atoms with Crippen LogP contribution in [-0.2, 0) is 0 Å². The van der Waals surface area contributed by atoms with Crippen LogP contribution in [0.25, 0.3) is 0 Å². The topological polar surface area (TPSA) is 53.8 Å². The molecule has 24 heavy (non-hydrogen) atoms. The van der Waals surface area contributed by atoms with E-state index in [9.17, 15) is 4.79 Å². The van der Waals surface area contributed by atoms with Crippen molar-refractivity contribution < 1.29 is 4.79 Å². The molecule has 0 aromatic heterocycles. The third kappa shape index (κ3) is 7.30. The second-order valence-electron chi connectivity index (χ2n) is 7.27. The van der Waals surface area contributed by atoms with Gasteiger partial charge in [0.25, 0.3) is 0 Å². The predicted octanol–water partition coefficient (Wildman–Crippen LogP) is 5.14. The number of aliphatic imine (C=N–C) groups is 2. The summed E-state index contributed by atoms with van der Waals surface area (Å²) < 4.78 is 0. The first-order valence-electron chi connectivity index (χ1n) is 8.30. The summed E-state index contributed by atoms with van der Waals surface area (Å²) in [6.45, 7) is 14.2. The minimum Gasteiger partial charge on any atom is -0.362 e. The summed E-state index contributed by atoms with van der Waals surface area (Å²) in [5.74, 6) is 0. The van der Waals surface area contributed by atoms with Gasteiger partial charge in [-0.3, -0.25) is 9.79 Å². The van der Waals surface area contributed by atoms with Gasteiger partial charge in [-0.2, -0.15) is 0 Å². The Morgan fingerprint density at radius 1 is 1.08 bits per heavy atom. The minimum atomic E-state index is -0.253. The molecule has 1 aromatic carbocycles. The predicted molar refractivity (Wildman–Crippen MR) is 106 cm³/mol. The summed E-state index contributed by atoms with van der Waals surface area (Å²) in [6.07, 6.45) is 0. The average Bonchev–Trinajstić information content (AvgIpc) is 2.43. The second-order valence-corrected chi connectivity index (χ2v) is 8.21. The smallest absolute Gasteiger partial charge is 0.312 e. The van der Waals surface area contributed by atoms with Gasteiger partial charge < -0.3 is 5.32 Å². The van der Waals surface area contributed by atoms with Crippen LogP contribution in [0.4, 0.5) is 4.79 Å². The summed E-state index contributed by atoms with van der Waals surface area (Å²) in [5, 5.41) is 3.58. The van der Waals surface area contributed by atoms with Crippen molar-refractivity contribution >= 4 is 27.9 Å². The zero-order valence-electron chi connectivity index (χ0n) is 15.8. The Bertz CT molecular complexity index is 599. The van der Waals surface area contributed by atoms with Gasteiger partial charge in [0.05, 0.1) is 5.71 Å². The van der Waals surface area contributed by atoms with Gasteiger partial charge >= 0.3 is 5.24 Å². The Labute approximate surface area is 150 Å². The number of nitrogens with one attached hydrogen (secondary N) is 1. The zero-order valence-corrected chi connectivity index (χ0v) is 16.6. The lowest BCUT2D eigenvalue weighted by molar-refractivity contribution is 0.267. The van der Waals surface area contributed by atoms with Crippen LogP contribution in [-0.4, -0.2) is 28.2 Å². The lowest BCUT2D eigenvalue weighted by Crippen LogP contribution is -2.30. The quantitative estimate of drug-likeness (QED) is 0.608. The van der Waals surface area contributed by atoms with Crippen molar-refractivity contribution in [3.05, 3.63) is 35.9 Å². The number of thioether (sulfide) groups is 1. The summed E-state index contributed by atoms with van der Waals surface area (Å²) in [4.78, 5) is 21.4. The van der Waals surface area contributed by atoms with E-state index in [-0.39, 0.29) is 22.7 Å². The van der Waals surface area contributed by atoms with Crippen LogP contribution in [0.15, 0.2) is 40.3 Å². The Balaban J connectivity index is 3.07. The molecule has 0 aliphatic heterocycles. The first kappa shape index (κ1) is 20.4. The van der Waals surface area contributed by atoms with Gasteiger partial charge in [0.1, 0.15) is 0 Å². The van der Waals surface area contributed by atoms with Crippen molar-refractivity contribution in [2.75, 3.05) is 0 Å². The van der Waals surface area contributed by atoms with E-state index in [1.807, 2.05) is 58.0 Å². The van der Waals surface area contributed by atoms with Gasteiger partial charge in [0.15, 0.2) is 5.17 Å². The summed E-state index contributed by atoms with van der Waals surface area (Å²) in [7, 11) is 0. The highest BCUT2D eigenvalue weighted by molar-refractivity contribution is 8.26. The second kappa shape index (κ2) is 9.02. The van der Waals surface area contributed by atoms with Crippen molar-refractivity contribution in [3.8, 4) is 0 Å². The third-order valence-corrected chi connectivity index (χ3v) is 3.61. The Hall–Kier alpha value is -1.62. The molecule has 0 saturated carbocycles. The minimum absolute atomic E-state index is 0.117. The van der Waals surface area contributed by atoms with Crippen LogP contribution in [0, 0.1) is 5.41 Å². The van der Waals surface area contributed by atoms with Crippen molar-refractivity contribution in [2.24, 2.45) is 15.4 Å². The highest BCUT2D eigenvalue weighted by Gasteiger charge is 2.22. The van der Waals surface area contributed by atoms with E-state index >= 15 is 0 Å². The molecule has 5 heteroatoms. The number of benzene rings is 1. The van der Waals surface area contributed by atoms with Crippen LogP contribution in [0.2, 0.25) is 0 Å². The maximum Gasteiger partial charge on any atom is 0.312 e. The maximum atomic E-state index is 12.5. The first-order chi connectivity index (χ1) is 11.1. The fraction of sp³-hybridized carbons (Fsp3) is 0.526. The SMILES string of the molecule is CC(C)N=C(NC(C)C)SC(=O)N=C(c1ccccc1)C(C)(C)C. The molecule has 0 radical (unpaired) electrons. The monoisotopic (exact) mass is 347 g/mol. The molecule has 0 spiro atoms. The molecule has 0 atom stereocenters. The molecule has 0 heterocycles. The van der Waals surface area contributed by atoms with E-state index in [1.165, 1.54) is 0 Å². The first-order valence-corrected chi connectivity index (χ1v) is 9.12. The highest BCUT2D eigenvalue weighted by Crippen LogP contribution is 2.23. The van der Waals surface area contributed by atoms with Gasteiger partial charge in [0.2, 0.25) is 0 Å². The van der Waals surface area contributed by atoms with Gasteiger partial charge in [0, 0.05) is 29.3 Å². The molecule has 0 unspecified atom stereocenters. The summed E-state index contributed by atoms with van der Waals surface area (Å²) in [5.41, 5.74) is 1.53. The van der Waals surface area contributed by atoms with Crippen molar-refractivity contribution in [1.82, 2.24) is 5.32 Å². The number of hydrogen-bond donors (Lipinski definition) is 1. The van der Waals surface area contributed by atoms with E-state index in [4.69, 9.17) is 0 Å². The average molecular weight is 348 g/mol. The van der Waals surface area contributed by atoms with E-state index in [2.05, 4.69) is 36.1 Å². The number of carbonyl (C=O) groups is 1. The number of nitrogens with zero attached hydrogens (tertiary/aromatic N) is 2. The van der Waals surface area contributed by atoms with Crippen molar-refractivity contribution in [1.29, 1.82) is 0 Å². The van der Waals surface area contributed by atoms with Crippen LogP contribution in [0.1, 0.15) is 54.0 Å². The number of amidine groups is 1. The van der Waals surface area contributed by atoms with Crippen LogP contribution in [0.5, 0.6) is 0 Å². The van der Waals surface area contributed by atoms with Gasteiger partial charge in [-0.05, 0) is 33.3 Å². The molecule has 0 saturated heterocycles. The number of hydrogen-bond acceptors (Lipinski definition) is 3. The van der Waals surface area contributed by atoms with Crippen molar-refractivity contribution in [3.63, 3.8) is 0 Å². The van der Waals surface area contributed by atoms with Crippen molar-refractivity contribution in [2.45, 2.75) is 60.5 Å². The third-order valence-electron chi connectivity index (χ3n) is 2.93. The standard InChI is InChI=1S/C19H29N3OS/c1-13(2)20-17(21-14(3)4)24-18(23)22-16(19(5,6)7)15-11-9-8-10-12-15/h8-14H,1-7H3,(H,20,21). The van der Waals surface area contributed by atoms with Gasteiger partial charge in [-0.25, -0.2) is 4.99 Å². The molecule has 1 amide bonds. The van der Waals surface area contributed by atoms with E-state index in [1.54, 1.807) is 0 Å². The molecule has 1 N–H and O–H groups in total. The van der Waals surface area contributed by atoms with E-state index in [0.717, 1.165) is 23.0 Å². The van der Waals surface area contributed by atoms with E-state index < -0.39 is 0 Å². The normalized spacial score (nSPS) is 13.5. The maximum absolute atomic E-state index is 12.5. The molecule has 0 fully saturated rings. The molecule has 1 aromatic rings. The fourth-order valence-electron chi connectivity index (χ4n) is 2.03. The fourth-order valence-corrected chi connectivity index (χ4v) is 2.89. The Morgan fingerprint density at radius 3 is 2.12 bits per heavy atom. The molecular weight excluding hydrogens is 318 g/mol. The van der Waals surface area contributed by atoms with E-state index in [0.29, 0.717) is 5.17 Å². The molecular formula is C19H29N3OS. The Kier molecular flexibility index (Phi) is 7.67. The largest absolute Gasteiger partial charge is 0.362 e. The lowest BCUT2D eigenvalue weighted by Gasteiger charge is -2.21. The summed E-state index contributed by atoms with van der Waals surface area (Å²) in [6, 6.07) is 10.2. The molecule has 1 rings (SSSR count). The van der Waals surface area contributed by atoms with Crippen LogP contribution >= 0.6 is 11.8 Å². The number of rotatable bonds is 3. The van der Waals surface area contributed by atoms with Crippen LogP contribution in [0.3, 0.4) is 0 Å². The highest BCUT2D eigenvalue weighted by atomic mass is 32.2. The molecule has 0 aliphatic rings. The van der Waals surface area contributed by atoms with Gasteiger partial charge in [-0.15, -0.1) is 0 Å². The summed E-state index contributed by atoms with van der Waals surface area (Å²) >= 11 is 1.05. The number of carbonyl (C=O) groups excluding carboxylic acids is 1. The Morgan fingerprint density at radius 2 is 1.67 bits per heavy atom. The molecule has 0 bridgehead atoms. The van der Waals surface area contributed by atoms with Gasteiger partial charge in [-0.1, -0.05) is 51.1 Å². The molecule has 0 aliphatic carbocycles.